The molecule has 0 bridgehead atoms. The minimum atomic E-state index is -4.05. The molecule has 0 heterocycles. The molecule has 5 nitrogen and oxygen atoms in total. The van der Waals surface area contributed by atoms with E-state index in [0.29, 0.717) is 12.8 Å². The van der Waals surface area contributed by atoms with Crippen molar-refractivity contribution in [1.29, 1.82) is 0 Å². The summed E-state index contributed by atoms with van der Waals surface area (Å²) in [6.07, 6.45) is 1.86. The fourth-order valence-corrected chi connectivity index (χ4v) is 4.52. The first-order valence-electron chi connectivity index (χ1n) is 6.00. The Bertz CT molecular complexity index is 639. The average Bonchev–Trinajstić information content (AvgIpc) is 2.81. The Balaban J connectivity index is 2.41. The molecule has 0 unspecified atom stereocenters. The largest absolute Gasteiger partial charge is 0.480 e. The van der Waals surface area contributed by atoms with Gasteiger partial charge in [0.05, 0.1) is 10.0 Å². The lowest BCUT2D eigenvalue weighted by Crippen LogP contribution is -2.52. The normalized spacial score (nSPS) is 18.1. The summed E-state index contributed by atoms with van der Waals surface area (Å²) in [5, 5.41) is 9.30. The van der Waals surface area contributed by atoms with Gasteiger partial charge in [-0.1, -0.05) is 42.1 Å². The molecule has 8 heteroatoms. The van der Waals surface area contributed by atoms with E-state index < -0.39 is 21.5 Å². The summed E-state index contributed by atoms with van der Waals surface area (Å²) in [4.78, 5) is 11.2. The van der Waals surface area contributed by atoms with Gasteiger partial charge in [-0.05, 0) is 25.0 Å². The van der Waals surface area contributed by atoms with Crippen LogP contribution in [0.3, 0.4) is 0 Å². The van der Waals surface area contributed by atoms with Crippen molar-refractivity contribution in [3.8, 4) is 0 Å². The number of nitrogens with one attached hydrogen (secondary N) is 1. The minimum Gasteiger partial charge on any atom is -0.480 e. The number of halogens is 2. The predicted molar refractivity (Wildman–Crippen MR) is 75.6 cm³/mol. The average molecular weight is 338 g/mol. The number of rotatable bonds is 4. The molecule has 2 rings (SSSR count). The first-order valence-corrected chi connectivity index (χ1v) is 8.24. The van der Waals surface area contributed by atoms with E-state index in [1.807, 2.05) is 0 Å². The van der Waals surface area contributed by atoms with E-state index in [-0.39, 0.29) is 27.8 Å². The van der Waals surface area contributed by atoms with Crippen LogP contribution in [0.5, 0.6) is 0 Å². The van der Waals surface area contributed by atoms with Gasteiger partial charge in [0, 0.05) is 0 Å². The van der Waals surface area contributed by atoms with E-state index >= 15 is 0 Å². The van der Waals surface area contributed by atoms with Crippen molar-refractivity contribution >= 4 is 39.2 Å². The number of carboxylic acids is 1. The fourth-order valence-electron chi connectivity index (χ4n) is 2.34. The molecule has 1 aromatic carbocycles. The molecule has 1 aliphatic rings. The molecule has 0 atom stereocenters. The van der Waals surface area contributed by atoms with Crippen molar-refractivity contribution in [2.24, 2.45) is 0 Å². The van der Waals surface area contributed by atoms with E-state index in [1.165, 1.54) is 18.2 Å². The zero-order valence-electron chi connectivity index (χ0n) is 10.4. The van der Waals surface area contributed by atoms with Gasteiger partial charge in [-0.3, -0.25) is 4.79 Å². The number of sulfonamides is 1. The van der Waals surface area contributed by atoms with Gasteiger partial charge in [0.2, 0.25) is 10.0 Å². The lowest BCUT2D eigenvalue weighted by molar-refractivity contribution is -0.143. The van der Waals surface area contributed by atoms with Crippen LogP contribution >= 0.6 is 23.2 Å². The molecule has 0 saturated heterocycles. The Labute approximate surface area is 126 Å². The lowest BCUT2D eigenvalue weighted by Gasteiger charge is -2.25. The minimum absolute atomic E-state index is 0.102. The highest BCUT2D eigenvalue weighted by Gasteiger charge is 2.45. The summed E-state index contributed by atoms with van der Waals surface area (Å²) < 4.78 is 27.0. The maximum absolute atomic E-state index is 12.4. The summed E-state index contributed by atoms with van der Waals surface area (Å²) in [6.45, 7) is 0. The SMILES string of the molecule is O=C(O)C1(NS(=O)(=O)c2cccc(Cl)c2Cl)CCCC1. The highest BCUT2D eigenvalue weighted by atomic mass is 35.5. The van der Waals surface area contributed by atoms with Gasteiger partial charge < -0.3 is 5.11 Å². The highest BCUT2D eigenvalue weighted by molar-refractivity contribution is 7.89. The quantitative estimate of drug-likeness (QED) is 0.884. The maximum Gasteiger partial charge on any atom is 0.324 e. The summed E-state index contributed by atoms with van der Waals surface area (Å²) >= 11 is 11.7. The molecule has 0 spiro atoms. The standard InChI is InChI=1S/C12H13Cl2NO4S/c13-8-4-3-5-9(10(8)14)20(18,19)15-12(11(16)17)6-1-2-7-12/h3-5,15H,1-2,6-7H2,(H,16,17). The van der Waals surface area contributed by atoms with Crippen molar-refractivity contribution in [2.45, 2.75) is 36.1 Å². The smallest absolute Gasteiger partial charge is 0.324 e. The molecule has 110 valence electrons. The second-order valence-corrected chi connectivity index (χ2v) is 7.19. The highest BCUT2D eigenvalue weighted by Crippen LogP contribution is 2.34. The number of benzene rings is 1. The summed E-state index contributed by atoms with van der Waals surface area (Å²) in [5.74, 6) is -1.17. The Morgan fingerprint density at radius 3 is 2.40 bits per heavy atom. The third-order valence-corrected chi connectivity index (χ3v) is 5.91. The van der Waals surface area contributed by atoms with Gasteiger partial charge in [-0.15, -0.1) is 0 Å². The molecule has 2 N–H and O–H groups in total. The monoisotopic (exact) mass is 337 g/mol. The topological polar surface area (TPSA) is 83.5 Å². The molecule has 20 heavy (non-hydrogen) atoms. The van der Waals surface area contributed by atoms with Gasteiger partial charge in [0.15, 0.2) is 0 Å². The van der Waals surface area contributed by atoms with Crippen LogP contribution in [0, 0.1) is 0 Å². The van der Waals surface area contributed by atoms with Crippen molar-refractivity contribution in [2.75, 3.05) is 0 Å². The van der Waals surface area contributed by atoms with Crippen molar-refractivity contribution < 1.29 is 18.3 Å². The summed E-state index contributed by atoms with van der Waals surface area (Å²) in [6, 6.07) is 4.21. The van der Waals surface area contributed by atoms with Crippen LogP contribution < -0.4 is 4.72 Å². The number of hydrogen-bond donors (Lipinski definition) is 2. The van der Waals surface area contributed by atoms with Crippen LogP contribution in [0.25, 0.3) is 0 Å². The van der Waals surface area contributed by atoms with E-state index in [1.54, 1.807) is 0 Å². The first-order chi connectivity index (χ1) is 9.28. The molecular formula is C12H13Cl2NO4S. The Hall–Kier alpha value is -0.820. The summed E-state index contributed by atoms with van der Waals surface area (Å²) in [5.41, 5.74) is -1.45. The van der Waals surface area contributed by atoms with Gasteiger partial charge in [0.25, 0.3) is 0 Å². The fraction of sp³-hybridized carbons (Fsp3) is 0.417. The van der Waals surface area contributed by atoms with Crippen LogP contribution in [0.15, 0.2) is 23.1 Å². The van der Waals surface area contributed by atoms with Crippen molar-refractivity contribution in [3.63, 3.8) is 0 Å². The van der Waals surface area contributed by atoms with E-state index in [4.69, 9.17) is 23.2 Å². The lowest BCUT2D eigenvalue weighted by atomic mass is 10.0. The predicted octanol–water partition coefficient (Wildman–Crippen LogP) is 2.67. The number of carbonyl (C=O) groups is 1. The third kappa shape index (κ3) is 2.79. The van der Waals surface area contributed by atoms with Crippen LogP contribution in [0.1, 0.15) is 25.7 Å². The molecule has 0 amide bonds. The zero-order chi connectivity index (χ0) is 15.0. The van der Waals surface area contributed by atoms with Crippen LogP contribution in [0.4, 0.5) is 0 Å². The molecule has 1 fully saturated rings. The second kappa shape index (κ2) is 5.52. The molecule has 0 radical (unpaired) electrons. The second-order valence-electron chi connectivity index (χ2n) is 4.75. The van der Waals surface area contributed by atoms with Crippen molar-refractivity contribution in [3.05, 3.63) is 28.2 Å². The van der Waals surface area contributed by atoms with Crippen molar-refractivity contribution in [1.82, 2.24) is 4.72 Å². The van der Waals surface area contributed by atoms with Gasteiger partial charge in [-0.25, -0.2) is 8.42 Å². The number of aliphatic carboxylic acids is 1. The Morgan fingerprint density at radius 1 is 1.25 bits per heavy atom. The molecular weight excluding hydrogens is 325 g/mol. The van der Waals surface area contributed by atoms with E-state index in [2.05, 4.69) is 4.72 Å². The number of hydrogen-bond acceptors (Lipinski definition) is 3. The molecule has 1 aromatic rings. The molecule has 0 aromatic heterocycles. The maximum atomic E-state index is 12.4. The van der Waals surface area contributed by atoms with Gasteiger partial charge in [0.1, 0.15) is 10.4 Å². The molecule has 0 aliphatic heterocycles. The summed E-state index contributed by atoms with van der Waals surface area (Å²) in [7, 11) is -4.05. The third-order valence-electron chi connectivity index (χ3n) is 3.40. The molecule has 1 aliphatic carbocycles. The zero-order valence-corrected chi connectivity index (χ0v) is 12.7. The Kier molecular flexibility index (Phi) is 4.30. The van der Waals surface area contributed by atoms with E-state index in [9.17, 15) is 18.3 Å². The van der Waals surface area contributed by atoms with Crippen LogP contribution in [-0.2, 0) is 14.8 Å². The first kappa shape index (κ1) is 15.6. The number of carboxylic acid groups (broad SMARTS) is 1. The Morgan fingerprint density at radius 2 is 1.85 bits per heavy atom. The van der Waals surface area contributed by atoms with E-state index in [0.717, 1.165) is 0 Å². The molecule has 1 saturated carbocycles. The van der Waals surface area contributed by atoms with Gasteiger partial charge >= 0.3 is 5.97 Å². The van der Waals surface area contributed by atoms with Gasteiger partial charge in [-0.2, -0.15) is 4.72 Å². The van der Waals surface area contributed by atoms with Crippen LogP contribution in [-0.4, -0.2) is 25.0 Å². The van der Waals surface area contributed by atoms with Crippen LogP contribution in [0.2, 0.25) is 10.0 Å².